The SMILES string of the molecule is Cc1ccc(CN(Cc2ccccc2)C(=O)CN(C(=O)C(C)(C)CCl)C2CC2)s1. The van der Waals surface area contributed by atoms with Gasteiger partial charge in [0.2, 0.25) is 11.8 Å². The standard InChI is InChI=1S/C23H29ClN2O2S/c1-17-9-12-20(29-17)14-25(13-18-7-5-4-6-8-18)21(27)15-26(19-10-11-19)22(28)23(2,3)16-24/h4-9,12,19H,10-11,13-16H2,1-3H3. The monoisotopic (exact) mass is 432 g/mol. The van der Waals surface area contributed by atoms with Crippen molar-refractivity contribution in [3.8, 4) is 0 Å². The first-order valence-electron chi connectivity index (χ1n) is 10.0. The number of alkyl halides is 1. The lowest BCUT2D eigenvalue weighted by atomic mass is 9.94. The molecule has 0 aliphatic heterocycles. The van der Waals surface area contributed by atoms with Gasteiger partial charge < -0.3 is 9.80 Å². The Hall–Kier alpha value is -1.85. The van der Waals surface area contributed by atoms with Crippen LogP contribution in [0.3, 0.4) is 0 Å². The summed E-state index contributed by atoms with van der Waals surface area (Å²) in [6, 6.07) is 14.3. The zero-order chi connectivity index (χ0) is 21.0. The van der Waals surface area contributed by atoms with E-state index in [1.54, 1.807) is 16.2 Å². The molecule has 0 unspecified atom stereocenters. The summed E-state index contributed by atoms with van der Waals surface area (Å²) in [5, 5.41) is 0. The van der Waals surface area contributed by atoms with Crippen LogP contribution in [0.15, 0.2) is 42.5 Å². The Balaban J connectivity index is 1.77. The van der Waals surface area contributed by atoms with Crippen LogP contribution in [0.4, 0.5) is 0 Å². The van der Waals surface area contributed by atoms with Crippen LogP contribution < -0.4 is 0 Å². The first kappa shape index (κ1) is 21.8. The number of benzene rings is 1. The minimum atomic E-state index is -0.667. The van der Waals surface area contributed by atoms with E-state index in [-0.39, 0.29) is 30.3 Å². The van der Waals surface area contributed by atoms with Crippen LogP contribution in [0.25, 0.3) is 0 Å². The van der Waals surface area contributed by atoms with Crippen molar-refractivity contribution in [2.45, 2.75) is 52.7 Å². The zero-order valence-electron chi connectivity index (χ0n) is 17.4. The Kier molecular flexibility index (Phi) is 7.01. The van der Waals surface area contributed by atoms with Gasteiger partial charge in [-0.1, -0.05) is 30.3 Å². The number of carbonyl (C=O) groups is 2. The summed E-state index contributed by atoms with van der Waals surface area (Å²) in [5.74, 6) is 0.186. The molecular formula is C23H29ClN2O2S. The van der Waals surface area contributed by atoms with E-state index < -0.39 is 5.41 Å². The minimum Gasteiger partial charge on any atom is -0.332 e. The fourth-order valence-corrected chi connectivity index (χ4v) is 4.26. The molecule has 29 heavy (non-hydrogen) atoms. The quantitative estimate of drug-likeness (QED) is 0.532. The van der Waals surface area contributed by atoms with Crippen LogP contribution in [0.5, 0.6) is 0 Å². The average molecular weight is 433 g/mol. The Morgan fingerprint density at radius 1 is 1.10 bits per heavy atom. The highest BCUT2D eigenvalue weighted by Gasteiger charge is 2.40. The van der Waals surface area contributed by atoms with Crippen LogP contribution in [0, 0.1) is 12.3 Å². The predicted molar refractivity (Wildman–Crippen MR) is 119 cm³/mol. The maximum absolute atomic E-state index is 13.3. The molecule has 1 heterocycles. The molecule has 4 nitrogen and oxygen atoms in total. The Bertz CT molecular complexity index is 846. The largest absolute Gasteiger partial charge is 0.332 e. The van der Waals surface area contributed by atoms with Crippen molar-refractivity contribution in [1.82, 2.24) is 9.80 Å². The average Bonchev–Trinajstić information content (AvgIpc) is 3.47. The lowest BCUT2D eigenvalue weighted by molar-refractivity contribution is -0.146. The van der Waals surface area contributed by atoms with Crippen molar-refractivity contribution < 1.29 is 9.59 Å². The van der Waals surface area contributed by atoms with Gasteiger partial charge in [-0.2, -0.15) is 0 Å². The van der Waals surface area contributed by atoms with Gasteiger partial charge in [0.25, 0.3) is 0 Å². The van der Waals surface area contributed by atoms with Gasteiger partial charge in [0.05, 0.1) is 12.0 Å². The number of hydrogen-bond acceptors (Lipinski definition) is 3. The van der Waals surface area contributed by atoms with E-state index in [1.165, 1.54) is 4.88 Å². The van der Waals surface area contributed by atoms with Crippen molar-refractivity contribution in [3.63, 3.8) is 0 Å². The number of rotatable bonds is 9. The van der Waals surface area contributed by atoms with E-state index in [2.05, 4.69) is 19.1 Å². The third kappa shape index (κ3) is 5.83. The van der Waals surface area contributed by atoms with E-state index in [1.807, 2.05) is 49.1 Å². The molecule has 2 aromatic rings. The van der Waals surface area contributed by atoms with Gasteiger partial charge >= 0.3 is 0 Å². The van der Waals surface area contributed by atoms with Gasteiger partial charge in [-0.3, -0.25) is 9.59 Å². The molecule has 1 saturated carbocycles. The molecule has 1 aliphatic rings. The molecule has 1 aromatic heterocycles. The molecule has 0 spiro atoms. The Labute approximate surface area is 182 Å². The van der Waals surface area contributed by atoms with Crippen LogP contribution in [0.2, 0.25) is 0 Å². The number of nitrogens with zero attached hydrogens (tertiary/aromatic N) is 2. The molecule has 1 aliphatic carbocycles. The van der Waals surface area contributed by atoms with Gasteiger partial charge in [0.1, 0.15) is 6.54 Å². The summed E-state index contributed by atoms with van der Waals surface area (Å²) in [4.78, 5) is 32.3. The van der Waals surface area contributed by atoms with Gasteiger partial charge in [-0.25, -0.2) is 0 Å². The van der Waals surface area contributed by atoms with Crippen LogP contribution in [0.1, 0.15) is 42.0 Å². The third-order valence-electron chi connectivity index (χ3n) is 5.18. The molecule has 156 valence electrons. The fourth-order valence-electron chi connectivity index (χ4n) is 3.24. The summed E-state index contributed by atoms with van der Waals surface area (Å²) in [5.41, 5.74) is 0.416. The van der Waals surface area contributed by atoms with Gasteiger partial charge in [-0.15, -0.1) is 22.9 Å². The second kappa shape index (κ2) is 9.31. The normalized spacial score (nSPS) is 13.9. The van der Waals surface area contributed by atoms with E-state index >= 15 is 0 Å². The molecule has 0 bridgehead atoms. The molecule has 2 amide bonds. The first-order valence-corrected chi connectivity index (χ1v) is 11.4. The third-order valence-corrected chi connectivity index (χ3v) is 6.83. The summed E-state index contributed by atoms with van der Waals surface area (Å²) in [6.07, 6.45) is 1.92. The lowest BCUT2D eigenvalue weighted by Gasteiger charge is -2.32. The van der Waals surface area contributed by atoms with E-state index in [0.717, 1.165) is 23.3 Å². The summed E-state index contributed by atoms with van der Waals surface area (Å²) >= 11 is 7.74. The van der Waals surface area contributed by atoms with Crippen LogP contribution in [-0.4, -0.2) is 40.1 Å². The van der Waals surface area contributed by atoms with E-state index in [9.17, 15) is 9.59 Å². The van der Waals surface area contributed by atoms with Crippen molar-refractivity contribution >= 4 is 34.8 Å². The first-order chi connectivity index (χ1) is 13.8. The van der Waals surface area contributed by atoms with Crippen molar-refractivity contribution in [1.29, 1.82) is 0 Å². The number of hydrogen-bond donors (Lipinski definition) is 0. The second-order valence-electron chi connectivity index (χ2n) is 8.43. The van der Waals surface area contributed by atoms with Crippen LogP contribution >= 0.6 is 22.9 Å². The molecule has 0 radical (unpaired) electrons. The zero-order valence-corrected chi connectivity index (χ0v) is 18.9. The predicted octanol–water partition coefficient (Wildman–Crippen LogP) is 4.84. The summed E-state index contributed by atoms with van der Waals surface area (Å²) < 4.78 is 0. The number of thiophene rings is 1. The summed E-state index contributed by atoms with van der Waals surface area (Å²) in [7, 11) is 0. The molecule has 0 N–H and O–H groups in total. The molecule has 0 saturated heterocycles. The van der Waals surface area contributed by atoms with Gasteiger partial charge in [0.15, 0.2) is 0 Å². The summed E-state index contributed by atoms with van der Waals surface area (Å²) in [6.45, 7) is 6.96. The fraction of sp³-hybridized carbons (Fsp3) is 0.478. The van der Waals surface area contributed by atoms with E-state index in [0.29, 0.717) is 13.1 Å². The highest BCUT2D eigenvalue weighted by Crippen LogP contribution is 2.32. The van der Waals surface area contributed by atoms with Crippen molar-refractivity contribution in [2.24, 2.45) is 5.41 Å². The van der Waals surface area contributed by atoms with E-state index in [4.69, 9.17) is 11.6 Å². The molecule has 3 rings (SSSR count). The smallest absolute Gasteiger partial charge is 0.242 e. The number of aryl methyl sites for hydroxylation is 1. The number of carbonyl (C=O) groups excluding carboxylic acids is 2. The van der Waals surface area contributed by atoms with Crippen molar-refractivity contribution in [2.75, 3.05) is 12.4 Å². The lowest BCUT2D eigenvalue weighted by Crippen LogP contribution is -2.48. The van der Waals surface area contributed by atoms with Crippen LogP contribution in [-0.2, 0) is 22.7 Å². The molecule has 1 aromatic carbocycles. The Morgan fingerprint density at radius 3 is 2.34 bits per heavy atom. The topological polar surface area (TPSA) is 40.6 Å². The number of halogens is 1. The molecule has 6 heteroatoms. The highest BCUT2D eigenvalue weighted by molar-refractivity contribution is 7.11. The maximum atomic E-state index is 13.3. The molecule has 1 fully saturated rings. The second-order valence-corrected chi connectivity index (χ2v) is 10.1. The molecule has 0 atom stereocenters. The number of amides is 2. The van der Waals surface area contributed by atoms with Gasteiger partial charge in [0, 0.05) is 28.2 Å². The highest BCUT2D eigenvalue weighted by atomic mass is 35.5. The minimum absolute atomic E-state index is 0.0227. The van der Waals surface area contributed by atoms with Crippen molar-refractivity contribution in [3.05, 3.63) is 57.8 Å². The van der Waals surface area contributed by atoms with Gasteiger partial charge in [-0.05, 0) is 51.3 Å². The molecular weight excluding hydrogens is 404 g/mol. The maximum Gasteiger partial charge on any atom is 0.242 e. The Morgan fingerprint density at radius 2 is 1.79 bits per heavy atom.